The van der Waals surface area contributed by atoms with Gasteiger partial charge < -0.3 is 0 Å². The maximum Gasteiger partial charge on any atom is 0.307 e. The van der Waals surface area contributed by atoms with E-state index in [1.165, 1.54) is 4.90 Å². The molecule has 7 heteroatoms. The molecule has 0 bridgehead atoms. The zero-order chi connectivity index (χ0) is 15.7. The first-order valence-electron chi connectivity index (χ1n) is 6.70. The van der Waals surface area contributed by atoms with Gasteiger partial charge in [0.2, 0.25) is 5.91 Å². The Hall–Kier alpha value is -2.28. The molecule has 1 saturated heterocycles. The highest BCUT2D eigenvalue weighted by Crippen LogP contribution is 2.26. The fourth-order valence-corrected chi connectivity index (χ4v) is 3.10. The summed E-state index contributed by atoms with van der Waals surface area (Å²) < 4.78 is 34.9. The first-order valence-corrected chi connectivity index (χ1v) is 8.15. The minimum atomic E-state index is -4.72. The normalized spacial score (nSPS) is 18.7. The minimum Gasteiger partial charge on any atom is -0.295 e. The van der Waals surface area contributed by atoms with E-state index < -0.39 is 21.4 Å². The van der Waals surface area contributed by atoms with E-state index in [1.54, 1.807) is 18.3 Å². The summed E-state index contributed by atoms with van der Waals surface area (Å²) in [6, 6.07) is 13.0. The predicted octanol–water partition coefficient (Wildman–Crippen LogP) is 2.15. The Morgan fingerprint density at radius 1 is 1.09 bits per heavy atom. The molecule has 114 valence electrons. The van der Waals surface area contributed by atoms with Crippen LogP contribution in [0.1, 0.15) is 6.42 Å². The lowest BCUT2D eigenvalue weighted by molar-refractivity contribution is -0.117. The van der Waals surface area contributed by atoms with E-state index >= 15 is 0 Å². The highest BCUT2D eigenvalue weighted by molar-refractivity contribution is 7.87. The van der Waals surface area contributed by atoms with Crippen LogP contribution < -0.4 is 4.90 Å². The van der Waals surface area contributed by atoms with Crippen LogP contribution in [0.2, 0.25) is 0 Å². The Labute approximate surface area is 127 Å². The average molecular weight is 320 g/mol. The zero-order valence-corrected chi connectivity index (χ0v) is 12.3. The van der Waals surface area contributed by atoms with E-state index in [2.05, 4.69) is 4.98 Å². The van der Waals surface area contributed by atoms with E-state index in [4.69, 9.17) is 0 Å². The van der Waals surface area contributed by atoms with Gasteiger partial charge in [0, 0.05) is 24.7 Å². The number of carbonyl (C=O) groups is 1. The standard InChI is InChI=1S/C15H13FN2O3S/c16-22(20,21)13-8-15(19)18(10-13)14-7-6-12(9-17-14)11-4-2-1-3-5-11/h1-7,9,13H,8,10H2. The van der Waals surface area contributed by atoms with Crippen molar-refractivity contribution in [2.75, 3.05) is 11.4 Å². The summed E-state index contributed by atoms with van der Waals surface area (Å²) in [5.74, 6) is -0.109. The molecule has 1 aromatic carbocycles. The molecule has 0 N–H and O–H groups in total. The van der Waals surface area contributed by atoms with Gasteiger partial charge in [-0.1, -0.05) is 30.3 Å². The Morgan fingerprint density at radius 2 is 1.82 bits per heavy atom. The smallest absolute Gasteiger partial charge is 0.295 e. The number of aromatic nitrogens is 1. The Kier molecular flexibility index (Phi) is 3.66. The molecule has 1 fully saturated rings. The molecule has 0 radical (unpaired) electrons. The molecular formula is C15H13FN2O3S. The van der Waals surface area contributed by atoms with Gasteiger partial charge in [-0.3, -0.25) is 9.69 Å². The number of anilines is 1. The maximum absolute atomic E-state index is 13.0. The number of rotatable bonds is 3. The van der Waals surface area contributed by atoms with E-state index in [0.717, 1.165) is 11.1 Å². The van der Waals surface area contributed by atoms with Crippen LogP contribution in [0.25, 0.3) is 11.1 Å². The van der Waals surface area contributed by atoms with Gasteiger partial charge in [-0.25, -0.2) is 4.98 Å². The Balaban J connectivity index is 1.83. The molecule has 0 saturated carbocycles. The van der Waals surface area contributed by atoms with Crippen molar-refractivity contribution in [3.05, 3.63) is 48.7 Å². The summed E-state index contributed by atoms with van der Waals surface area (Å²) in [5, 5.41) is -1.31. The van der Waals surface area contributed by atoms with Gasteiger partial charge in [-0.2, -0.15) is 8.42 Å². The summed E-state index contributed by atoms with van der Waals surface area (Å²) in [6.45, 7) is -0.199. The molecule has 1 unspecified atom stereocenters. The first kappa shape index (κ1) is 14.6. The minimum absolute atomic E-state index is 0.199. The predicted molar refractivity (Wildman–Crippen MR) is 80.5 cm³/mol. The lowest BCUT2D eigenvalue weighted by Gasteiger charge is -2.15. The number of amides is 1. The number of nitrogens with zero attached hydrogens (tertiary/aromatic N) is 2. The average Bonchev–Trinajstić information content (AvgIpc) is 2.90. The lowest BCUT2D eigenvalue weighted by atomic mass is 10.1. The van der Waals surface area contributed by atoms with Crippen molar-refractivity contribution in [2.45, 2.75) is 11.7 Å². The highest BCUT2D eigenvalue weighted by Gasteiger charge is 2.39. The molecule has 1 atom stereocenters. The molecule has 1 aliphatic heterocycles. The number of pyridine rings is 1. The summed E-state index contributed by atoms with van der Waals surface area (Å²) >= 11 is 0. The monoisotopic (exact) mass is 320 g/mol. The molecule has 2 aromatic rings. The largest absolute Gasteiger partial charge is 0.307 e. The summed E-state index contributed by atoms with van der Waals surface area (Å²) in [7, 11) is -4.72. The number of hydrogen-bond acceptors (Lipinski definition) is 4. The van der Waals surface area contributed by atoms with Crippen LogP contribution in [0.5, 0.6) is 0 Å². The van der Waals surface area contributed by atoms with Crippen LogP contribution in [0.4, 0.5) is 9.70 Å². The fourth-order valence-electron chi connectivity index (χ4n) is 2.43. The van der Waals surface area contributed by atoms with E-state index in [1.807, 2.05) is 30.3 Å². The van der Waals surface area contributed by atoms with Crippen LogP contribution >= 0.6 is 0 Å². The lowest BCUT2D eigenvalue weighted by Crippen LogP contribution is -2.27. The quantitative estimate of drug-likeness (QED) is 0.813. The summed E-state index contributed by atoms with van der Waals surface area (Å²) in [6.07, 6.45) is 1.26. The van der Waals surface area contributed by atoms with Crippen LogP contribution in [-0.4, -0.2) is 31.1 Å². The maximum atomic E-state index is 13.0. The highest BCUT2D eigenvalue weighted by atomic mass is 32.3. The molecule has 1 aliphatic rings. The van der Waals surface area contributed by atoms with Gasteiger partial charge in [0.15, 0.2) is 0 Å². The van der Waals surface area contributed by atoms with Crippen molar-refractivity contribution < 1.29 is 17.1 Å². The van der Waals surface area contributed by atoms with Gasteiger partial charge >= 0.3 is 10.2 Å². The van der Waals surface area contributed by atoms with E-state index in [9.17, 15) is 17.1 Å². The second-order valence-corrected chi connectivity index (χ2v) is 6.69. The van der Waals surface area contributed by atoms with Gasteiger partial charge in [0.05, 0.1) is 0 Å². The van der Waals surface area contributed by atoms with Gasteiger partial charge in [-0.15, -0.1) is 3.89 Å². The zero-order valence-electron chi connectivity index (χ0n) is 11.5. The fraction of sp³-hybridized carbons (Fsp3) is 0.200. The molecule has 1 aromatic heterocycles. The molecule has 5 nitrogen and oxygen atoms in total. The molecule has 1 amide bonds. The molecule has 0 spiro atoms. The molecule has 0 aliphatic carbocycles. The van der Waals surface area contributed by atoms with Crippen molar-refractivity contribution in [1.29, 1.82) is 0 Å². The van der Waals surface area contributed by atoms with Crippen LogP contribution in [0.3, 0.4) is 0 Å². The topological polar surface area (TPSA) is 67.3 Å². The molecule has 2 heterocycles. The molecular weight excluding hydrogens is 307 g/mol. The van der Waals surface area contributed by atoms with Crippen molar-refractivity contribution in [3.8, 4) is 11.1 Å². The van der Waals surface area contributed by atoms with Crippen molar-refractivity contribution in [1.82, 2.24) is 4.98 Å². The van der Waals surface area contributed by atoms with Gasteiger partial charge in [-0.05, 0) is 17.7 Å². The second kappa shape index (κ2) is 5.49. The van der Waals surface area contributed by atoms with Crippen molar-refractivity contribution in [3.63, 3.8) is 0 Å². The van der Waals surface area contributed by atoms with E-state index in [0.29, 0.717) is 5.82 Å². The number of halogens is 1. The third-order valence-electron chi connectivity index (χ3n) is 3.62. The third-order valence-corrected chi connectivity index (χ3v) is 4.73. The number of hydrogen-bond donors (Lipinski definition) is 0. The summed E-state index contributed by atoms with van der Waals surface area (Å²) in [5.41, 5.74) is 1.86. The number of benzene rings is 1. The Morgan fingerprint density at radius 3 is 2.36 bits per heavy atom. The van der Waals surface area contributed by atoms with Crippen molar-refractivity contribution >= 4 is 21.9 Å². The summed E-state index contributed by atoms with van der Waals surface area (Å²) in [4.78, 5) is 17.2. The first-order chi connectivity index (χ1) is 10.4. The molecule has 3 rings (SSSR count). The van der Waals surface area contributed by atoms with Gasteiger partial charge in [0.25, 0.3) is 0 Å². The van der Waals surface area contributed by atoms with Gasteiger partial charge in [0.1, 0.15) is 11.1 Å². The second-order valence-electron chi connectivity index (χ2n) is 5.08. The Bertz CT molecular complexity index is 791. The molecule has 22 heavy (non-hydrogen) atoms. The van der Waals surface area contributed by atoms with Crippen LogP contribution in [0, 0.1) is 0 Å². The van der Waals surface area contributed by atoms with Crippen molar-refractivity contribution in [2.24, 2.45) is 0 Å². The van der Waals surface area contributed by atoms with E-state index in [-0.39, 0.29) is 13.0 Å². The third kappa shape index (κ3) is 2.85. The van der Waals surface area contributed by atoms with Crippen LogP contribution in [0.15, 0.2) is 48.7 Å². The SMILES string of the molecule is O=C1CC(S(=O)(=O)F)CN1c1ccc(-c2ccccc2)cn1. The van der Waals surface area contributed by atoms with Crippen LogP contribution in [-0.2, 0) is 15.0 Å². The number of carbonyl (C=O) groups excluding carboxylic acids is 1.